The summed E-state index contributed by atoms with van der Waals surface area (Å²) in [6.07, 6.45) is 1.49. The second-order valence-corrected chi connectivity index (χ2v) is 10.3. The van der Waals surface area contributed by atoms with E-state index in [-0.39, 0.29) is 11.6 Å². The highest BCUT2D eigenvalue weighted by Gasteiger charge is 2.27. The van der Waals surface area contributed by atoms with Crippen LogP contribution in [0.4, 0.5) is 16.8 Å². The lowest BCUT2D eigenvalue weighted by Gasteiger charge is -2.14. The molecule has 1 aromatic carbocycles. The Morgan fingerprint density at radius 1 is 1.07 bits per heavy atom. The average Bonchev–Trinajstić information content (AvgIpc) is 3.08. The summed E-state index contributed by atoms with van der Waals surface area (Å²) in [4.78, 5) is 12.6. The first kappa shape index (κ1) is 22.0. The van der Waals surface area contributed by atoms with Crippen LogP contribution >= 0.6 is 11.3 Å². The summed E-state index contributed by atoms with van der Waals surface area (Å²) in [5.41, 5.74) is 1.27. The number of sulfonamides is 2. The van der Waals surface area contributed by atoms with Crippen molar-refractivity contribution < 1.29 is 16.8 Å². The second-order valence-electron chi connectivity index (χ2n) is 5.96. The van der Waals surface area contributed by atoms with Crippen molar-refractivity contribution in [1.29, 1.82) is 0 Å². The maximum atomic E-state index is 12.3. The minimum Gasteiger partial charge on any atom is -0.365 e. The van der Waals surface area contributed by atoms with Crippen molar-refractivity contribution in [2.24, 2.45) is 5.14 Å². The molecule has 0 aliphatic carbocycles. The molecule has 0 fully saturated rings. The third kappa shape index (κ3) is 4.41. The molecule has 0 aliphatic rings. The Morgan fingerprint density at radius 2 is 1.80 bits per heavy atom. The summed E-state index contributed by atoms with van der Waals surface area (Å²) in [7, 11) is -5.55. The molecular weight excluding hydrogens is 450 g/mol. The van der Waals surface area contributed by atoms with E-state index < -0.39 is 29.8 Å². The van der Waals surface area contributed by atoms with Crippen LogP contribution in [0.3, 0.4) is 0 Å². The van der Waals surface area contributed by atoms with E-state index in [0.717, 1.165) is 21.8 Å². The van der Waals surface area contributed by atoms with E-state index in [9.17, 15) is 16.8 Å². The fourth-order valence-electron chi connectivity index (χ4n) is 2.64. The Hall–Kier alpha value is -2.65. The van der Waals surface area contributed by atoms with Gasteiger partial charge in [-0.25, -0.2) is 41.6 Å². The normalized spacial score (nSPS) is 12.0. The zero-order valence-electron chi connectivity index (χ0n) is 16.2. The number of hydrogen-bond donors (Lipinski definition) is 4. The van der Waals surface area contributed by atoms with Gasteiger partial charge in [0, 0.05) is 13.2 Å². The van der Waals surface area contributed by atoms with Crippen LogP contribution in [0, 0.1) is 6.92 Å². The molecule has 0 saturated heterocycles. The lowest BCUT2D eigenvalue weighted by atomic mass is 10.3. The summed E-state index contributed by atoms with van der Waals surface area (Å²) < 4.78 is 51.0. The number of nitrogens with zero attached hydrogens (tertiary/aromatic N) is 3. The minimum absolute atomic E-state index is 0.0650. The van der Waals surface area contributed by atoms with Crippen LogP contribution in [0.5, 0.6) is 0 Å². The molecule has 3 rings (SSSR count). The predicted molar refractivity (Wildman–Crippen MR) is 115 cm³/mol. The first-order valence-corrected chi connectivity index (χ1v) is 12.3. The molecule has 5 N–H and O–H groups in total. The van der Waals surface area contributed by atoms with Gasteiger partial charge in [-0.05, 0) is 32.2 Å². The standard InChI is InChI=1S/C16H19N7O4S3/c1-9-13(28-16(18-2)21-9)10-7-8-20-15(22-10)23-11-5-4-6-12(30(26,27)19-3)14(11)29(17,24)25/h4-8,19H,1-3H3,(H,18,21)(H2,17,24,25)(H,20,22,23). The summed E-state index contributed by atoms with van der Waals surface area (Å²) in [6, 6.07) is 5.60. The zero-order chi connectivity index (χ0) is 22.1. The molecule has 2 heterocycles. The molecule has 0 bridgehead atoms. The second kappa shape index (κ2) is 8.23. The predicted octanol–water partition coefficient (Wildman–Crippen LogP) is 1.25. The molecular formula is C16H19N7O4S3. The van der Waals surface area contributed by atoms with Crippen molar-refractivity contribution in [2.45, 2.75) is 16.7 Å². The summed E-state index contributed by atoms with van der Waals surface area (Å²) in [5.74, 6) is 0.0650. The number of thiazole rings is 1. The maximum absolute atomic E-state index is 12.3. The van der Waals surface area contributed by atoms with E-state index in [1.807, 2.05) is 6.92 Å². The molecule has 0 unspecified atom stereocenters. The van der Waals surface area contributed by atoms with Crippen LogP contribution < -0.4 is 20.5 Å². The third-order valence-corrected chi connectivity index (χ3v) is 7.76. The van der Waals surface area contributed by atoms with E-state index in [4.69, 9.17) is 5.14 Å². The van der Waals surface area contributed by atoms with Crippen molar-refractivity contribution >= 4 is 48.2 Å². The molecule has 0 spiro atoms. The van der Waals surface area contributed by atoms with Gasteiger partial charge in [0.2, 0.25) is 26.0 Å². The quantitative estimate of drug-likeness (QED) is 0.398. The van der Waals surface area contributed by atoms with Crippen LogP contribution in [-0.2, 0) is 20.0 Å². The van der Waals surface area contributed by atoms with Gasteiger partial charge in [-0.2, -0.15) is 0 Å². The van der Waals surface area contributed by atoms with Crippen LogP contribution in [-0.4, -0.2) is 45.9 Å². The summed E-state index contributed by atoms with van der Waals surface area (Å²) in [6.45, 7) is 1.84. The van der Waals surface area contributed by atoms with E-state index in [1.165, 1.54) is 36.7 Å². The minimum atomic E-state index is -4.40. The van der Waals surface area contributed by atoms with Gasteiger partial charge >= 0.3 is 0 Å². The zero-order valence-corrected chi connectivity index (χ0v) is 18.6. The third-order valence-electron chi connectivity index (χ3n) is 3.97. The highest BCUT2D eigenvalue weighted by molar-refractivity contribution is 7.92. The number of nitrogens with two attached hydrogens (primary N) is 1. The maximum Gasteiger partial charge on any atom is 0.241 e. The molecule has 0 amide bonds. The average molecular weight is 470 g/mol. The SMILES string of the molecule is CNc1nc(C)c(-c2ccnc(Nc3cccc(S(=O)(=O)NC)c3S(N)(=O)=O)n2)s1. The molecule has 0 saturated carbocycles. The number of aromatic nitrogens is 3. The molecule has 3 aromatic rings. The molecule has 160 valence electrons. The Balaban J connectivity index is 2.10. The first-order chi connectivity index (χ1) is 14.1. The number of benzene rings is 1. The number of hydrogen-bond acceptors (Lipinski definition) is 10. The van der Waals surface area contributed by atoms with Gasteiger partial charge in [0.1, 0.15) is 9.79 Å². The number of aryl methyl sites for hydroxylation is 1. The van der Waals surface area contributed by atoms with Crippen molar-refractivity contribution in [1.82, 2.24) is 19.7 Å². The Bertz CT molecular complexity index is 1300. The Kier molecular flexibility index (Phi) is 6.05. The van der Waals surface area contributed by atoms with Crippen molar-refractivity contribution in [3.05, 3.63) is 36.2 Å². The highest BCUT2D eigenvalue weighted by Crippen LogP contribution is 2.33. The van der Waals surface area contributed by atoms with Crippen molar-refractivity contribution in [2.75, 3.05) is 24.7 Å². The van der Waals surface area contributed by atoms with Gasteiger partial charge in [0.25, 0.3) is 0 Å². The summed E-state index contributed by atoms with van der Waals surface area (Å²) in [5, 5.41) is 11.8. The fourth-order valence-corrected chi connectivity index (χ4v) is 5.81. The smallest absolute Gasteiger partial charge is 0.241 e. The number of anilines is 3. The van der Waals surface area contributed by atoms with E-state index in [1.54, 1.807) is 13.1 Å². The fraction of sp³-hybridized carbons (Fsp3) is 0.188. The lowest BCUT2D eigenvalue weighted by Crippen LogP contribution is -2.24. The highest BCUT2D eigenvalue weighted by atomic mass is 32.2. The van der Waals surface area contributed by atoms with Gasteiger partial charge in [0.15, 0.2) is 5.13 Å². The Labute approximate surface area is 177 Å². The van der Waals surface area contributed by atoms with Crippen molar-refractivity contribution in [3.8, 4) is 10.6 Å². The van der Waals surface area contributed by atoms with Crippen LogP contribution in [0.15, 0.2) is 40.3 Å². The van der Waals surface area contributed by atoms with Gasteiger partial charge in [0.05, 0.1) is 22.0 Å². The van der Waals surface area contributed by atoms with Gasteiger partial charge < -0.3 is 10.6 Å². The number of nitrogens with one attached hydrogen (secondary N) is 3. The summed E-state index contributed by atoms with van der Waals surface area (Å²) >= 11 is 1.40. The van der Waals surface area contributed by atoms with Gasteiger partial charge in [-0.15, -0.1) is 0 Å². The first-order valence-electron chi connectivity index (χ1n) is 8.42. The van der Waals surface area contributed by atoms with E-state index in [0.29, 0.717) is 5.69 Å². The monoisotopic (exact) mass is 469 g/mol. The largest absolute Gasteiger partial charge is 0.365 e. The van der Waals surface area contributed by atoms with Crippen LogP contribution in [0.2, 0.25) is 0 Å². The Morgan fingerprint density at radius 3 is 2.40 bits per heavy atom. The topological polar surface area (TPSA) is 169 Å². The number of primary sulfonamides is 1. The lowest BCUT2D eigenvalue weighted by molar-refractivity contribution is 0.578. The van der Waals surface area contributed by atoms with Crippen molar-refractivity contribution in [3.63, 3.8) is 0 Å². The van der Waals surface area contributed by atoms with Gasteiger partial charge in [-0.1, -0.05) is 17.4 Å². The van der Waals surface area contributed by atoms with Crippen LogP contribution in [0.25, 0.3) is 10.6 Å². The molecule has 0 radical (unpaired) electrons. The molecule has 0 aliphatic heterocycles. The molecule has 0 atom stereocenters. The molecule has 11 nitrogen and oxygen atoms in total. The molecule has 2 aromatic heterocycles. The molecule has 14 heteroatoms. The van der Waals surface area contributed by atoms with Crippen LogP contribution in [0.1, 0.15) is 5.69 Å². The van der Waals surface area contributed by atoms with E-state index >= 15 is 0 Å². The van der Waals surface area contributed by atoms with E-state index in [2.05, 4.69) is 30.3 Å². The number of rotatable bonds is 7. The molecule has 30 heavy (non-hydrogen) atoms. The van der Waals surface area contributed by atoms with Gasteiger partial charge in [-0.3, -0.25) is 0 Å².